The van der Waals surface area contributed by atoms with Crippen molar-refractivity contribution >= 4 is 20.1 Å². The molecule has 0 saturated heterocycles. The minimum absolute atomic E-state index is 0.415. The summed E-state index contributed by atoms with van der Waals surface area (Å²) >= 11 is 0. The molecule has 1 unspecified atom stereocenters. The van der Waals surface area contributed by atoms with Gasteiger partial charge in [0, 0.05) is 10.9 Å². The van der Waals surface area contributed by atoms with E-state index in [0.29, 0.717) is 5.92 Å². The topological polar surface area (TPSA) is 18.5 Å². The van der Waals surface area contributed by atoms with Crippen molar-refractivity contribution in [3.63, 3.8) is 0 Å². The second-order valence-corrected chi connectivity index (χ2v) is 5.21. The zero-order valence-electron chi connectivity index (χ0n) is 12.4. The van der Waals surface area contributed by atoms with Crippen LogP contribution in [0.2, 0.25) is 0 Å². The Bertz CT molecular complexity index is 502. The van der Waals surface area contributed by atoms with Gasteiger partial charge in [0.25, 0.3) is 0 Å². The maximum atomic E-state index is 5.46. The number of allylic oxidation sites excluding steroid dienone is 3. The van der Waals surface area contributed by atoms with Crippen LogP contribution in [0.1, 0.15) is 26.3 Å². The molecule has 0 radical (unpaired) electrons. The number of rotatable bonds is 5. The molecule has 1 rings (SSSR count). The minimum atomic E-state index is 0.415. The van der Waals surface area contributed by atoms with Gasteiger partial charge >= 0.3 is 0 Å². The summed E-state index contributed by atoms with van der Waals surface area (Å²) in [6, 6.07) is 3.82. The SMILES string of the molecule is C=C(/C(=C\C)C(C)C)c1c(OC)ccc(OC)c1P. The standard InChI is InChI=1S/C16H23O2P/c1-7-12(10(2)3)11(4)15-13(17-5)8-9-14(18-6)16(15)19/h7-10H,4,19H2,1-3,5-6H3/b12-7-. The summed E-state index contributed by atoms with van der Waals surface area (Å²) < 4.78 is 10.8. The molecule has 19 heavy (non-hydrogen) atoms. The van der Waals surface area contributed by atoms with E-state index in [2.05, 4.69) is 35.7 Å². The average Bonchev–Trinajstić information content (AvgIpc) is 2.38. The van der Waals surface area contributed by atoms with E-state index in [1.807, 2.05) is 19.1 Å². The molecule has 0 heterocycles. The van der Waals surface area contributed by atoms with Crippen LogP contribution in [0.25, 0.3) is 5.57 Å². The van der Waals surface area contributed by atoms with Crippen molar-refractivity contribution in [3.8, 4) is 11.5 Å². The zero-order chi connectivity index (χ0) is 14.6. The number of hydrogen-bond donors (Lipinski definition) is 0. The third kappa shape index (κ3) is 3.19. The molecular weight excluding hydrogens is 255 g/mol. The minimum Gasteiger partial charge on any atom is -0.496 e. The molecule has 0 aromatic heterocycles. The van der Waals surface area contributed by atoms with E-state index in [4.69, 9.17) is 9.47 Å². The third-order valence-corrected chi connectivity index (χ3v) is 3.76. The molecular formula is C16H23O2P. The molecule has 2 nitrogen and oxygen atoms in total. The molecule has 1 atom stereocenters. The van der Waals surface area contributed by atoms with Crippen LogP contribution in [0.15, 0.2) is 30.4 Å². The summed E-state index contributed by atoms with van der Waals surface area (Å²) in [7, 11) is 6.07. The smallest absolute Gasteiger partial charge is 0.127 e. The molecule has 104 valence electrons. The number of benzene rings is 1. The van der Waals surface area contributed by atoms with Crippen molar-refractivity contribution in [2.75, 3.05) is 14.2 Å². The lowest BCUT2D eigenvalue weighted by Crippen LogP contribution is -2.10. The molecule has 0 bridgehead atoms. The lowest BCUT2D eigenvalue weighted by molar-refractivity contribution is 0.405. The second kappa shape index (κ2) is 6.77. The van der Waals surface area contributed by atoms with Crippen LogP contribution in [0.3, 0.4) is 0 Å². The van der Waals surface area contributed by atoms with E-state index < -0.39 is 0 Å². The van der Waals surface area contributed by atoms with Crippen molar-refractivity contribution < 1.29 is 9.47 Å². The van der Waals surface area contributed by atoms with Gasteiger partial charge in [0.1, 0.15) is 11.5 Å². The first-order valence-electron chi connectivity index (χ1n) is 6.34. The quantitative estimate of drug-likeness (QED) is 0.602. The van der Waals surface area contributed by atoms with Crippen LogP contribution in [0.5, 0.6) is 11.5 Å². The third-order valence-electron chi connectivity index (χ3n) is 3.19. The molecule has 3 heteroatoms. The van der Waals surface area contributed by atoms with E-state index in [-0.39, 0.29) is 0 Å². The monoisotopic (exact) mass is 278 g/mol. The van der Waals surface area contributed by atoms with E-state index in [9.17, 15) is 0 Å². The Morgan fingerprint density at radius 1 is 1.21 bits per heavy atom. The van der Waals surface area contributed by atoms with Gasteiger partial charge in [0.05, 0.1) is 14.2 Å². The molecule has 0 aliphatic carbocycles. The molecule has 0 aliphatic rings. The molecule has 0 aliphatic heterocycles. The van der Waals surface area contributed by atoms with E-state index in [0.717, 1.165) is 27.9 Å². The highest BCUT2D eigenvalue weighted by molar-refractivity contribution is 7.28. The molecule has 0 amide bonds. The Hall–Kier alpha value is -1.27. The van der Waals surface area contributed by atoms with E-state index in [1.54, 1.807) is 14.2 Å². The predicted octanol–water partition coefficient (Wildman–Crippen LogP) is 3.82. The van der Waals surface area contributed by atoms with Crippen molar-refractivity contribution in [2.45, 2.75) is 20.8 Å². The first kappa shape index (κ1) is 15.8. The maximum absolute atomic E-state index is 5.46. The van der Waals surface area contributed by atoms with E-state index >= 15 is 0 Å². The summed E-state index contributed by atoms with van der Waals surface area (Å²) in [5, 5.41) is 0.979. The van der Waals surface area contributed by atoms with Crippen molar-refractivity contribution in [1.29, 1.82) is 0 Å². The summed E-state index contributed by atoms with van der Waals surface area (Å²) in [5.74, 6) is 2.05. The molecule has 0 N–H and O–H groups in total. The predicted molar refractivity (Wildman–Crippen MR) is 86.5 cm³/mol. The van der Waals surface area contributed by atoms with Crippen LogP contribution in [-0.2, 0) is 0 Å². The lowest BCUT2D eigenvalue weighted by atomic mass is 9.90. The fourth-order valence-corrected chi connectivity index (χ4v) is 2.77. The summed E-state index contributed by atoms with van der Waals surface area (Å²) in [6.07, 6.45) is 2.11. The highest BCUT2D eigenvalue weighted by Crippen LogP contribution is 2.35. The van der Waals surface area contributed by atoms with Crippen molar-refractivity contribution in [3.05, 3.63) is 35.9 Å². The number of methoxy groups -OCH3 is 2. The van der Waals surface area contributed by atoms with Crippen LogP contribution in [-0.4, -0.2) is 14.2 Å². The van der Waals surface area contributed by atoms with Crippen molar-refractivity contribution in [1.82, 2.24) is 0 Å². The fraction of sp³-hybridized carbons (Fsp3) is 0.375. The Morgan fingerprint density at radius 3 is 2.16 bits per heavy atom. The van der Waals surface area contributed by atoms with Gasteiger partial charge in [-0.25, -0.2) is 0 Å². The molecule has 0 saturated carbocycles. The first-order valence-corrected chi connectivity index (χ1v) is 6.91. The van der Waals surface area contributed by atoms with Crippen LogP contribution in [0, 0.1) is 5.92 Å². The normalized spacial score (nSPS) is 11.6. The van der Waals surface area contributed by atoms with Crippen LogP contribution < -0.4 is 14.8 Å². The highest BCUT2D eigenvalue weighted by atomic mass is 31.0. The van der Waals surface area contributed by atoms with Gasteiger partial charge in [-0.15, -0.1) is 9.24 Å². The maximum Gasteiger partial charge on any atom is 0.127 e. The zero-order valence-corrected chi connectivity index (χ0v) is 13.6. The lowest BCUT2D eigenvalue weighted by Gasteiger charge is -2.20. The largest absolute Gasteiger partial charge is 0.496 e. The van der Waals surface area contributed by atoms with Gasteiger partial charge in [0.15, 0.2) is 0 Å². The highest BCUT2D eigenvalue weighted by Gasteiger charge is 2.18. The Morgan fingerprint density at radius 2 is 1.74 bits per heavy atom. The molecule has 0 fully saturated rings. The Kier molecular flexibility index (Phi) is 5.62. The van der Waals surface area contributed by atoms with Gasteiger partial charge in [-0.1, -0.05) is 26.5 Å². The van der Waals surface area contributed by atoms with Gasteiger partial charge in [-0.05, 0) is 36.1 Å². The Labute approximate surface area is 118 Å². The first-order chi connectivity index (χ1) is 8.97. The van der Waals surface area contributed by atoms with Gasteiger partial charge in [0.2, 0.25) is 0 Å². The van der Waals surface area contributed by atoms with Crippen LogP contribution >= 0.6 is 9.24 Å². The van der Waals surface area contributed by atoms with Gasteiger partial charge in [-0.2, -0.15) is 0 Å². The molecule has 0 spiro atoms. The summed E-state index contributed by atoms with van der Waals surface area (Å²) in [6.45, 7) is 10.6. The Balaban J connectivity index is 3.43. The number of hydrogen-bond acceptors (Lipinski definition) is 2. The second-order valence-electron chi connectivity index (χ2n) is 4.64. The van der Waals surface area contributed by atoms with E-state index in [1.165, 1.54) is 5.57 Å². The van der Waals surface area contributed by atoms with Crippen LogP contribution in [0.4, 0.5) is 0 Å². The average molecular weight is 278 g/mol. The van der Waals surface area contributed by atoms with Gasteiger partial charge < -0.3 is 9.47 Å². The number of ether oxygens (including phenoxy) is 2. The summed E-state index contributed by atoms with van der Waals surface area (Å²) in [4.78, 5) is 0. The fourth-order valence-electron chi connectivity index (χ4n) is 2.24. The summed E-state index contributed by atoms with van der Waals surface area (Å²) in [5.41, 5.74) is 3.20. The molecule has 1 aromatic rings. The van der Waals surface area contributed by atoms with Gasteiger partial charge in [-0.3, -0.25) is 0 Å². The molecule has 1 aromatic carbocycles. The van der Waals surface area contributed by atoms with Crippen molar-refractivity contribution in [2.24, 2.45) is 5.92 Å².